The van der Waals surface area contributed by atoms with Crippen LogP contribution in [0.3, 0.4) is 0 Å². The van der Waals surface area contributed by atoms with Gasteiger partial charge >= 0.3 is 0 Å². The summed E-state index contributed by atoms with van der Waals surface area (Å²) in [5, 5.41) is 0. The molecule has 0 amide bonds. The smallest absolute Gasteiger partial charge is 0.0645 e. The van der Waals surface area contributed by atoms with Crippen molar-refractivity contribution in [2.24, 2.45) is 5.41 Å². The minimum Gasteiger partial charge on any atom is -0.310 e. The van der Waals surface area contributed by atoms with Gasteiger partial charge in [-0.15, -0.1) is 0 Å². The maximum Gasteiger partial charge on any atom is 0.0645 e. The van der Waals surface area contributed by atoms with Crippen LogP contribution < -0.4 is 4.90 Å². The fourth-order valence-electron chi connectivity index (χ4n) is 9.88. The quantitative estimate of drug-likeness (QED) is 0.173. The third-order valence-corrected chi connectivity index (χ3v) is 15.0. The molecule has 3 aliphatic carbocycles. The fraction of sp³-hybridized carbons (Fsp3) is 0.294. The largest absolute Gasteiger partial charge is 0.310 e. The van der Waals surface area contributed by atoms with E-state index in [9.17, 15) is 5.48 Å². The Kier molecular flexibility index (Phi) is 6.27. The maximum absolute atomic E-state index is 9.81. The number of anilines is 3. The van der Waals surface area contributed by atoms with Gasteiger partial charge in [0.2, 0.25) is 0 Å². The summed E-state index contributed by atoms with van der Waals surface area (Å²) in [5.74, 6) is 0. The van der Waals surface area contributed by atoms with Crippen molar-refractivity contribution in [1.29, 1.82) is 0 Å². The minimum absolute atomic E-state index is 0.0613. The zero-order valence-electron chi connectivity index (χ0n) is 36.6. The first kappa shape index (κ1) is 30.0. The summed E-state index contributed by atoms with van der Waals surface area (Å²) < 4.78 is 39.8. The van der Waals surface area contributed by atoms with Crippen LogP contribution in [0.25, 0.3) is 33.4 Å². The number of fused-ring (bicyclic) bond motifs is 7. The van der Waals surface area contributed by atoms with Crippen molar-refractivity contribution in [3.63, 3.8) is 0 Å². The molecule has 0 unspecified atom stereocenters. The Morgan fingerprint density at radius 3 is 1.36 bits per heavy atom. The molecule has 0 atom stereocenters. The molecule has 0 radical (unpaired) electrons. The molecule has 0 heterocycles. The molecule has 0 bridgehead atoms. The predicted octanol–water partition coefficient (Wildman–Crippen LogP) is 14.8. The standard InChI is InChI=1S/C51H50BrN/c1-47(2)40-17-13-11-15-35(40)37-25-23-33(27-42(37)47)53(34-24-26-38-36-16-12-14-18-41(36)48(3,4)43(38)28-34)32-21-19-31(20-22-32)39-29-44-45(30-46(39)52)50(7,8)51(9,10)49(44,5)6/h11-30H,1-10H3/i19D,20D,21D,22D. The number of halogens is 1. The Bertz CT molecular complexity index is 2600. The van der Waals surface area contributed by atoms with E-state index in [1.54, 1.807) is 0 Å². The highest BCUT2D eigenvalue weighted by atomic mass is 79.9. The van der Waals surface area contributed by atoms with Gasteiger partial charge < -0.3 is 4.90 Å². The number of nitrogens with zero attached hydrogens (tertiary/aromatic N) is 1. The van der Waals surface area contributed by atoms with Crippen LogP contribution in [-0.2, 0) is 21.7 Å². The fourth-order valence-corrected chi connectivity index (χ4v) is 10.4. The summed E-state index contributed by atoms with van der Waals surface area (Å²) in [4.78, 5) is 1.97. The van der Waals surface area contributed by atoms with E-state index in [0.29, 0.717) is 11.1 Å². The van der Waals surface area contributed by atoms with Crippen molar-refractivity contribution < 1.29 is 5.48 Å². The second-order valence-corrected chi connectivity index (χ2v) is 19.0. The Morgan fingerprint density at radius 1 is 0.434 bits per heavy atom. The van der Waals surface area contributed by atoms with E-state index in [-0.39, 0.29) is 56.9 Å². The van der Waals surface area contributed by atoms with Gasteiger partial charge in [-0.1, -0.05) is 158 Å². The van der Waals surface area contributed by atoms with E-state index in [0.717, 1.165) is 15.8 Å². The Hall–Kier alpha value is -4.40. The second-order valence-electron chi connectivity index (χ2n) is 18.1. The predicted molar refractivity (Wildman–Crippen MR) is 229 cm³/mol. The Labute approximate surface area is 330 Å². The van der Waals surface area contributed by atoms with Gasteiger partial charge in [0.15, 0.2) is 0 Å². The highest BCUT2D eigenvalue weighted by Gasteiger charge is 2.57. The zero-order chi connectivity index (χ0) is 40.9. The van der Waals surface area contributed by atoms with Crippen LogP contribution in [0.5, 0.6) is 0 Å². The number of rotatable bonds is 4. The normalized spacial score (nSPS) is 19.5. The van der Waals surface area contributed by atoms with Crippen molar-refractivity contribution in [1.82, 2.24) is 0 Å². The molecule has 0 fully saturated rings. The molecule has 1 nitrogen and oxygen atoms in total. The molecule has 9 rings (SSSR count). The van der Waals surface area contributed by atoms with Gasteiger partial charge in [-0.3, -0.25) is 0 Å². The average Bonchev–Trinajstić information content (AvgIpc) is 3.58. The van der Waals surface area contributed by atoms with Crippen LogP contribution in [0.4, 0.5) is 17.1 Å². The van der Waals surface area contributed by atoms with E-state index in [4.69, 9.17) is 0 Å². The third kappa shape index (κ3) is 4.54. The van der Waals surface area contributed by atoms with Gasteiger partial charge in [-0.05, 0) is 131 Å². The molecule has 6 aromatic rings. The molecule has 266 valence electrons. The van der Waals surface area contributed by atoms with E-state index in [2.05, 4.69) is 182 Å². The van der Waals surface area contributed by atoms with Gasteiger partial charge in [-0.25, -0.2) is 0 Å². The van der Waals surface area contributed by atoms with Gasteiger partial charge in [0.05, 0.1) is 5.48 Å². The molecule has 0 spiro atoms. The molecular formula is C51H50BrN. The first-order valence-electron chi connectivity index (χ1n) is 20.9. The lowest BCUT2D eigenvalue weighted by Gasteiger charge is -2.44. The SMILES string of the molecule is [2H]c1c([2H])c(N(c2ccc3c(c2)C(C)(C)c2ccccc2-3)c2ccc3c(c2)C(C)(C)c2ccccc2-3)c([2H])c([2H])c1-c1cc2c(cc1Br)C(C)(C)C(C)(C)C2(C)C. The van der Waals surface area contributed by atoms with Crippen molar-refractivity contribution >= 4 is 33.0 Å². The zero-order valence-corrected chi connectivity index (χ0v) is 34.1. The minimum atomic E-state index is -0.273. The first-order chi connectivity index (χ1) is 26.7. The van der Waals surface area contributed by atoms with Crippen LogP contribution in [0.15, 0.2) is 126 Å². The topological polar surface area (TPSA) is 3.24 Å². The second kappa shape index (κ2) is 11.1. The summed E-state index contributed by atoms with van der Waals surface area (Å²) in [6.07, 6.45) is 0. The van der Waals surface area contributed by atoms with E-state index in [1.807, 2.05) is 4.90 Å². The summed E-state index contributed by atoms with van der Waals surface area (Å²) in [6, 6.07) is 34.0. The molecule has 2 heteroatoms. The van der Waals surface area contributed by atoms with Gasteiger partial charge in [-0.2, -0.15) is 0 Å². The molecule has 6 aromatic carbocycles. The highest BCUT2D eigenvalue weighted by molar-refractivity contribution is 9.10. The molecule has 0 N–H and O–H groups in total. The summed E-state index contributed by atoms with van der Waals surface area (Å²) in [7, 11) is 0. The molecule has 3 aliphatic rings. The highest BCUT2D eigenvalue weighted by Crippen LogP contribution is 2.62. The average molecular weight is 761 g/mol. The van der Waals surface area contributed by atoms with Crippen molar-refractivity contribution in [2.45, 2.75) is 90.9 Å². The monoisotopic (exact) mass is 759 g/mol. The van der Waals surface area contributed by atoms with Crippen molar-refractivity contribution in [2.75, 3.05) is 4.90 Å². The van der Waals surface area contributed by atoms with Gasteiger partial charge in [0.1, 0.15) is 0 Å². The third-order valence-electron chi connectivity index (χ3n) is 14.3. The Balaban J connectivity index is 1.28. The van der Waals surface area contributed by atoms with E-state index >= 15 is 0 Å². The number of hydrogen-bond acceptors (Lipinski definition) is 1. The molecular weight excluding hydrogens is 706 g/mol. The molecule has 0 aromatic heterocycles. The van der Waals surface area contributed by atoms with Crippen LogP contribution in [0.2, 0.25) is 0 Å². The summed E-state index contributed by atoms with van der Waals surface area (Å²) >= 11 is 3.86. The molecule has 0 aliphatic heterocycles. The molecule has 0 saturated carbocycles. The van der Waals surface area contributed by atoms with Crippen LogP contribution in [0, 0.1) is 5.41 Å². The van der Waals surface area contributed by atoms with Crippen molar-refractivity contribution in [3.8, 4) is 33.4 Å². The van der Waals surface area contributed by atoms with Crippen LogP contribution in [-0.4, -0.2) is 0 Å². The lowest BCUT2D eigenvalue weighted by atomic mass is 9.59. The van der Waals surface area contributed by atoms with Gasteiger partial charge in [0.25, 0.3) is 0 Å². The Morgan fingerprint density at radius 2 is 0.868 bits per heavy atom. The van der Waals surface area contributed by atoms with Crippen LogP contribution >= 0.6 is 15.9 Å². The first-order valence-corrected chi connectivity index (χ1v) is 19.7. The number of hydrogen-bond donors (Lipinski definition) is 0. The lowest BCUT2D eigenvalue weighted by molar-refractivity contribution is 0.125. The van der Waals surface area contributed by atoms with Gasteiger partial charge in [0, 0.05) is 32.4 Å². The van der Waals surface area contributed by atoms with Crippen LogP contribution in [0.1, 0.15) is 108 Å². The summed E-state index contributed by atoms with van der Waals surface area (Å²) in [5.41, 5.74) is 14.0. The maximum atomic E-state index is 9.81. The number of benzene rings is 6. The van der Waals surface area contributed by atoms with Crippen molar-refractivity contribution in [3.05, 3.63) is 159 Å². The van der Waals surface area contributed by atoms with E-state index in [1.165, 1.54) is 55.6 Å². The molecule has 53 heavy (non-hydrogen) atoms. The van der Waals surface area contributed by atoms with E-state index < -0.39 is 0 Å². The lowest BCUT2D eigenvalue weighted by Crippen LogP contribution is -2.42. The summed E-state index contributed by atoms with van der Waals surface area (Å²) in [6.45, 7) is 22.8. The molecule has 0 saturated heterocycles.